The Morgan fingerprint density at radius 2 is 1.79 bits per heavy atom. The molecule has 0 unspecified atom stereocenters. The van der Waals surface area contributed by atoms with Gasteiger partial charge in [0.05, 0.1) is 22.9 Å². The fraction of sp³-hybridized carbons (Fsp3) is 0.429. The first-order chi connectivity index (χ1) is 16.8. The predicted molar refractivity (Wildman–Crippen MR) is 140 cm³/mol. The second kappa shape index (κ2) is 10.6. The quantitative estimate of drug-likeness (QED) is 0.342. The number of para-hydroxylation sites is 1. The van der Waals surface area contributed by atoms with Crippen molar-refractivity contribution in [2.75, 3.05) is 19.6 Å². The number of nitrogens with zero attached hydrogens (tertiary/aromatic N) is 4. The molecule has 3 heterocycles. The van der Waals surface area contributed by atoms with Crippen LogP contribution < -0.4 is 11.5 Å². The summed E-state index contributed by atoms with van der Waals surface area (Å²) in [5.74, 6) is 0. The van der Waals surface area contributed by atoms with E-state index in [1.807, 2.05) is 12.4 Å². The van der Waals surface area contributed by atoms with Crippen molar-refractivity contribution in [1.29, 1.82) is 0 Å². The van der Waals surface area contributed by atoms with Crippen LogP contribution in [0.15, 0.2) is 54.9 Å². The molecular formula is C28H36N6. The summed E-state index contributed by atoms with van der Waals surface area (Å²) in [6.07, 6.45) is 10.4. The Bertz CT molecular complexity index is 1250. The molecule has 6 nitrogen and oxygen atoms in total. The number of unbranched alkanes of at least 4 members (excludes halogenated alkanes) is 1. The molecule has 1 aromatic carbocycles. The summed E-state index contributed by atoms with van der Waals surface area (Å²) < 4.78 is 2.44. The van der Waals surface area contributed by atoms with E-state index in [9.17, 15) is 0 Å². The van der Waals surface area contributed by atoms with E-state index in [2.05, 4.69) is 51.9 Å². The van der Waals surface area contributed by atoms with Crippen LogP contribution in [0.1, 0.15) is 55.1 Å². The van der Waals surface area contributed by atoms with Gasteiger partial charge in [-0.2, -0.15) is 0 Å². The third-order valence-electron chi connectivity index (χ3n) is 7.20. The zero-order valence-electron chi connectivity index (χ0n) is 20.0. The number of aromatic nitrogens is 3. The summed E-state index contributed by atoms with van der Waals surface area (Å²) in [6, 6.07) is 15.5. The van der Waals surface area contributed by atoms with Gasteiger partial charge in [0.15, 0.2) is 0 Å². The highest BCUT2D eigenvalue weighted by Crippen LogP contribution is 2.36. The molecular weight excluding hydrogens is 420 g/mol. The summed E-state index contributed by atoms with van der Waals surface area (Å²) in [5, 5.41) is 2.57. The van der Waals surface area contributed by atoms with Crippen molar-refractivity contribution in [1.82, 2.24) is 19.4 Å². The van der Waals surface area contributed by atoms with Gasteiger partial charge in [-0.05, 0) is 81.9 Å². The van der Waals surface area contributed by atoms with E-state index in [1.54, 1.807) is 0 Å². The minimum atomic E-state index is 0.321. The van der Waals surface area contributed by atoms with Crippen LogP contribution in [0.3, 0.4) is 0 Å². The maximum Gasteiger partial charge on any atom is 0.0786 e. The first-order valence-corrected chi connectivity index (χ1v) is 12.7. The number of hydrogen-bond acceptors (Lipinski definition) is 5. The fourth-order valence-corrected chi connectivity index (χ4v) is 5.61. The minimum Gasteiger partial charge on any atom is -0.339 e. The van der Waals surface area contributed by atoms with Crippen molar-refractivity contribution in [2.24, 2.45) is 11.5 Å². The van der Waals surface area contributed by atoms with Crippen LogP contribution in [0.5, 0.6) is 0 Å². The average molecular weight is 457 g/mol. The summed E-state index contributed by atoms with van der Waals surface area (Å²) in [4.78, 5) is 12.4. The van der Waals surface area contributed by atoms with Crippen LogP contribution in [0.25, 0.3) is 21.8 Å². The maximum atomic E-state index is 5.91. The maximum absolute atomic E-state index is 5.91. The standard InChI is InChI=1S/C28H36N6/c29-14-3-4-18-33(26-12-5-8-21-9-6-16-32-27(21)26)20-24-28-23(13-17-31-24)22-10-1-2-11-25(22)34(28)19-7-15-30/h1-2,6,9-11,13,16-17,26H,3-5,7-8,12,14-15,18-20,29-30H2/t26-/m0/s1. The van der Waals surface area contributed by atoms with E-state index in [-0.39, 0.29) is 0 Å². The lowest BCUT2D eigenvalue weighted by Crippen LogP contribution is -2.33. The van der Waals surface area contributed by atoms with Gasteiger partial charge in [0.25, 0.3) is 0 Å². The van der Waals surface area contributed by atoms with E-state index >= 15 is 0 Å². The van der Waals surface area contributed by atoms with Crippen molar-refractivity contribution in [2.45, 2.75) is 57.7 Å². The van der Waals surface area contributed by atoms with Gasteiger partial charge in [-0.3, -0.25) is 14.9 Å². The monoisotopic (exact) mass is 456 g/mol. The van der Waals surface area contributed by atoms with Gasteiger partial charge in [0.2, 0.25) is 0 Å². The molecule has 0 aliphatic heterocycles. The van der Waals surface area contributed by atoms with Crippen LogP contribution in [-0.2, 0) is 19.5 Å². The molecule has 3 aromatic heterocycles. The number of aryl methyl sites for hydroxylation is 2. The molecule has 0 bridgehead atoms. The SMILES string of the molecule is NCCCCN(Cc1nccc2c3ccccc3n(CCCN)c12)[C@H]1CCCc2cccnc21. The smallest absolute Gasteiger partial charge is 0.0786 e. The van der Waals surface area contributed by atoms with Gasteiger partial charge in [0.1, 0.15) is 0 Å². The highest BCUT2D eigenvalue weighted by Gasteiger charge is 2.28. The lowest BCUT2D eigenvalue weighted by Gasteiger charge is -2.35. The Morgan fingerprint density at radius 1 is 0.912 bits per heavy atom. The number of hydrogen-bond donors (Lipinski definition) is 2. The second-order valence-electron chi connectivity index (χ2n) is 9.39. The molecule has 1 aliphatic rings. The molecule has 178 valence electrons. The van der Waals surface area contributed by atoms with Crippen molar-refractivity contribution in [3.05, 3.63) is 71.8 Å². The average Bonchev–Trinajstić information content (AvgIpc) is 3.21. The van der Waals surface area contributed by atoms with E-state index < -0.39 is 0 Å². The molecule has 4 N–H and O–H groups in total. The van der Waals surface area contributed by atoms with Gasteiger partial charge < -0.3 is 16.0 Å². The lowest BCUT2D eigenvalue weighted by molar-refractivity contribution is 0.161. The van der Waals surface area contributed by atoms with E-state index in [1.165, 1.54) is 39.5 Å². The van der Waals surface area contributed by atoms with Crippen molar-refractivity contribution >= 4 is 21.8 Å². The fourth-order valence-electron chi connectivity index (χ4n) is 5.61. The third kappa shape index (κ3) is 4.45. The van der Waals surface area contributed by atoms with Crippen molar-refractivity contribution in [3.8, 4) is 0 Å². The lowest BCUT2D eigenvalue weighted by atomic mass is 9.90. The normalized spacial score (nSPS) is 15.9. The first-order valence-electron chi connectivity index (χ1n) is 12.7. The topological polar surface area (TPSA) is 86.0 Å². The summed E-state index contributed by atoms with van der Waals surface area (Å²) in [5.41, 5.74) is 18.1. The molecule has 0 radical (unpaired) electrons. The molecule has 6 heteroatoms. The number of fused-ring (bicyclic) bond motifs is 4. The predicted octanol–water partition coefficient (Wildman–Crippen LogP) is 4.55. The molecule has 5 rings (SSSR count). The van der Waals surface area contributed by atoms with Gasteiger partial charge in [0, 0.05) is 41.8 Å². The van der Waals surface area contributed by atoms with Gasteiger partial charge in [-0.15, -0.1) is 0 Å². The van der Waals surface area contributed by atoms with Gasteiger partial charge in [-0.25, -0.2) is 0 Å². The number of benzene rings is 1. The minimum absolute atomic E-state index is 0.321. The number of pyridine rings is 2. The molecule has 0 saturated carbocycles. The van der Waals surface area contributed by atoms with Crippen LogP contribution in [0.2, 0.25) is 0 Å². The molecule has 0 amide bonds. The Morgan fingerprint density at radius 3 is 2.68 bits per heavy atom. The zero-order valence-corrected chi connectivity index (χ0v) is 20.0. The van der Waals surface area contributed by atoms with Crippen molar-refractivity contribution < 1.29 is 0 Å². The van der Waals surface area contributed by atoms with Crippen molar-refractivity contribution in [3.63, 3.8) is 0 Å². The molecule has 4 aromatic rings. The Balaban J connectivity index is 1.57. The van der Waals surface area contributed by atoms with Gasteiger partial charge in [-0.1, -0.05) is 24.3 Å². The molecule has 0 fully saturated rings. The zero-order chi connectivity index (χ0) is 23.3. The Hall–Kier alpha value is -2.80. The largest absolute Gasteiger partial charge is 0.339 e. The first kappa shape index (κ1) is 23.0. The Labute approximate surface area is 202 Å². The molecule has 34 heavy (non-hydrogen) atoms. The van der Waals surface area contributed by atoms with Crippen LogP contribution >= 0.6 is 0 Å². The van der Waals surface area contributed by atoms with Gasteiger partial charge >= 0.3 is 0 Å². The van der Waals surface area contributed by atoms with Crippen LogP contribution in [0, 0.1) is 0 Å². The summed E-state index contributed by atoms with van der Waals surface area (Å²) in [6.45, 7) is 4.12. The highest BCUT2D eigenvalue weighted by molar-refractivity contribution is 6.08. The second-order valence-corrected chi connectivity index (χ2v) is 9.39. The summed E-state index contributed by atoms with van der Waals surface area (Å²) >= 11 is 0. The molecule has 0 spiro atoms. The highest BCUT2D eigenvalue weighted by atomic mass is 15.2. The van der Waals surface area contributed by atoms with E-state index in [4.69, 9.17) is 21.4 Å². The van der Waals surface area contributed by atoms with E-state index in [0.29, 0.717) is 12.6 Å². The van der Waals surface area contributed by atoms with Crippen LogP contribution in [0.4, 0.5) is 0 Å². The number of rotatable bonds is 10. The molecule has 1 aliphatic carbocycles. The summed E-state index contributed by atoms with van der Waals surface area (Å²) in [7, 11) is 0. The Kier molecular flexibility index (Phi) is 7.19. The van der Waals surface area contributed by atoms with Crippen LogP contribution in [-0.4, -0.2) is 39.1 Å². The number of nitrogens with two attached hydrogens (primary N) is 2. The molecule has 0 saturated heterocycles. The van der Waals surface area contributed by atoms with E-state index in [0.717, 1.165) is 64.0 Å². The third-order valence-corrected chi connectivity index (χ3v) is 7.20. The molecule has 1 atom stereocenters.